The summed E-state index contributed by atoms with van der Waals surface area (Å²) in [5, 5.41) is 7.63. The fraction of sp³-hybridized carbons (Fsp3) is 0.524. The van der Waals surface area contributed by atoms with Crippen molar-refractivity contribution in [2.45, 2.75) is 43.5 Å². The van der Waals surface area contributed by atoms with E-state index in [1.165, 1.54) is 23.8 Å². The van der Waals surface area contributed by atoms with Gasteiger partial charge in [-0.1, -0.05) is 24.4 Å². The SMILES string of the molecule is CO/N=C(\C(=O)NC1C(=O)N2C(C(=O)OCOC(=O)C3CCCCC3)=CCS[C@H]12)c1csc(N)n1.Cl. The van der Waals surface area contributed by atoms with Gasteiger partial charge in [-0.3, -0.25) is 19.3 Å². The maximum absolute atomic E-state index is 12.8. The van der Waals surface area contributed by atoms with Gasteiger partial charge in [0, 0.05) is 11.1 Å². The van der Waals surface area contributed by atoms with Gasteiger partial charge in [-0.15, -0.1) is 35.5 Å². The summed E-state index contributed by atoms with van der Waals surface area (Å²) in [6.07, 6.45) is 6.20. The molecule has 3 aliphatic rings. The molecular weight excluding hydrogens is 534 g/mol. The van der Waals surface area contributed by atoms with Gasteiger partial charge in [0.1, 0.15) is 29.9 Å². The number of thiazole rings is 1. The van der Waals surface area contributed by atoms with Gasteiger partial charge in [0.2, 0.25) is 6.79 Å². The van der Waals surface area contributed by atoms with Crippen molar-refractivity contribution in [2.24, 2.45) is 11.1 Å². The van der Waals surface area contributed by atoms with E-state index in [9.17, 15) is 19.2 Å². The van der Waals surface area contributed by atoms with Gasteiger partial charge in [-0.25, -0.2) is 9.78 Å². The summed E-state index contributed by atoms with van der Waals surface area (Å²) in [6, 6.07) is -0.883. The van der Waals surface area contributed by atoms with E-state index in [1.54, 1.807) is 11.5 Å². The number of ether oxygens (including phenoxy) is 2. The Morgan fingerprint density at radius 3 is 2.67 bits per heavy atom. The number of nitrogens with two attached hydrogens (primary N) is 1. The Kier molecular flexibility index (Phi) is 9.56. The van der Waals surface area contributed by atoms with Gasteiger partial charge in [-0.05, 0) is 18.9 Å². The summed E-state index contributed by atoms with van der Waals surface area (Å²) in [7, 11) is 1.28. The molecule has 3 N–H and O–H groups in total. The molecule has 4 rings (SSSR count). The number of carbonyl (C=O) groups is 4. The molecule has 1 unspecified atom stereocenters. The van der Waals surface area contributed by atoms with Gasteiger partial charge >= 0.3 is 11.9 Å². The van der Waals surface area contributed by atoms with Gasteiger partial charge in [0.05, 0.1) is 5.92 Å². The van der Waals surface area contributed by atoms with Crippen LogP contribution in [-0.4, -0.2) is 70.4 Å². The first kappa shape index (κ1) is 27.7. The molecule has 3 heterocycles. The molecule has 15 heteroatoms. The summed E-state index contributed by atoms with van der Waals surface area (Å²) in [5.74, 6) is -2.03. The van der Waals surface area contributed by atoms with Crippen LogP contribution in [0.4, 0.5) is 5.13 Å². The van der Waals surface area contributed by atoms with Crippen molar-refractivity contribution in [1.29, 1.82) is 0 Å². The van der Waals surface area contributed by atoms with Crippen LogP contribution in [0.25, 0.3) is 0 Å². The smallest absolute Gasteiger partial charge is 0.357 e. The Morgan fingerprint density at radius 2 is 2.00 bits per heavy atom. The highest BCUT2D eigenvalue weighted by molar-refractivity contribution is 8.00. The Balaban J connectivity index is 0.00000361. The van der Waals surface area contributed by atoms with Crippen LogP contribution in [0, 0.1) is 5.92 Å². The lowest BCUT2D eigenvalue weighted by molar-refractivity contribution is -0.171. The highest BCUT2D eigenvalue weighted by Crippen LogP contribution is 2.38. The minimum Gasteiger partial charge on any atom is -0.428 e. The Morgan fingerprint density at radius 1 is 1.25 bits per heavy atom. The average Bonchev–Trinajstić information content (AvgIpc) is 3.31. The largest absolute Gasteiger partial charge is 0.428 e. The normalized spacial score (nSPS) is 21.8. The van der Waals surface area contributed by atoms with Crippen LogP contribution >= 0.6 is 35.5 Å². The predicted octanol–water partition coefficient (Wildman–Crippen LogP) is 1.41. The molecule has 1 saturated carbocycles. The lowest BCUT2D eigenvalue weighted by atomic mass is 9.89. The zero-order valence-electron chi connectivity index (χ0n) is 19.3. The number of carbonyl (C=O) groups excluding carboxylic acids is 4. The van der Waals surface area contributed by atoms with Gasteiger partial charge in [0.15, 0.2) is 10.8 Å². The molecule has 2 amide bonds. The van der Waals surface area contributed by atoms with E-state index in [1.807, 2.05) is 0 Å². The number of aromatic nitrogens is 1. The minimum absolute atomic E-state index is 0. The number of rotatable bonds is 8. The van der Waals surface area contributed by atoms with E-state index in [0.29, 0.717) is 5.75 Å². The second-order valence-corrected chi connectivity index (χ2v) is 10.1. The molecule has 1 aliphatic carbocycles. The zero-order valence-corrected chi connectivity index (χ0v) is 21.8. The molecule has 196 valence electrons. The van der Waals surface area contributed by atoms with Crippen molar-refractivity contribution in [2.75, 3.05) is 25.4 Å². The van der Waals surface area contributed by atoms with Crippen LogP contribution in [0.15, 0.2) is 22.3 Å². The monoisotopic (exact) mass is 559 g/mol. The molecule has 0 radical (unpaired) electrons. The number of hydrogen-bond acceptors (Lipinski definition) is 12. The highest BCUT2D eigenvalue weighted by atomic mass is 35.5. The van der Waals surface area contributed by atoms with Crippen LogP contribution in [0.2, 0.25) is 0 Å². The number of amides is 2. The van der Waals surface area contributed by atoms with Crippen LogP contribution in [-0.2, 0) is 33.5 Å². The van der Waals surface area contributed by atoms with Crippen molar-refractivity contribution < 1.29 is 33.5 Å². The van der Waals surface area contributed by atoms with Crippen LogP contribution in [0.1, 0.15) is 37.8 Å². The number of nitrogens with one attached hydrogen (secondary N) is 1. The molecule has 12 nitrogen and oxygen atoms in total. The van der Waals surface area contributed by atoms with Crippen LogP contribution in [0.3, 0.4) is 0 Å². The number of halogens is 1. The second kappa shape index (κ2) is 12.4. The third-order valence-corrected chi connectivity index (χ3v) is 7.69. The maximum atomic E-state index is 12.8. The molecule has 1 aromatic rings. The number of nitrogen functional groups attached to an aromatic ring is 1. The van der Waals surface area contributed by atoms with Crippen LogP contribution < -0.4 is 11.1 Å². The van der Waals surface area contributed by atoms with Crippen molar-refractivity contribution in [3.63, 3.8) is 0 Å². The van der Waals surface area contributed by atoms with E-state index < -0.39 is 36.0 Å². The Labute approximate surface area is 221 Å². The van der Waals surface area contributed by atoms with E-state index in [-0.39, 0.29) is 46.5 Å². The van der Waals surface area contributed by atoms with Crippen molar-refractivity contribution in [1.82, 2.24) is 15.2 Å². The lowest BCUT2D eigenvalue weighted by Gasteiger charge is -2.48. The standard InChI is InChI=1S/C21H25N5O7S2.ClH/c1-31-25-14(12-9-35-21(22)23-12)16(27)24-15-17(28)26-13(7-8-34-18(15)26)20(30)33-10-32-19(29)11-5-3-2-4-6-11;/h7,9,11,15,18H,2-6,8,10H2,1H3,(H2,22,23)(H,24,27);1H/b25-14-;/t15?,18-;/m1./s1. The Bertz CT molecular complexity index is 1070. The van der Waals surface area contributed by atoms with Gasteiger partial charge in [-0.2, -0.15) is 0 Å². The number of anilines is 1. The third-order valence-electron chi connectivity index (χ3n) is 5.83. The first-order valence-corrected chi connectivity index (χ1v) is 13.0. The van der Waals surface area contributed by atoms with Gasteiger partial charge in [0.25, 0.3) is 11.8 Å². The minimum atomic E-state index is -0.883. The van der Waals surface area contributed by atoms with E-state index in [0.717, 1.165) is 43.4 Å². The Hall–Kier alpha value is -2.84. The lowest BCUT2D eigenvalue weighted by Crippen LogP contribution is -2.70. The highest BCUT2D eigenvalue weighted by Gasteiger charge is 2.53. The topological polar surface area (TPSA) is 163 Å². The average molecular weight is 560 g/mol. The van der Waals surface area contributed by atoms with Crippen molar-refractivity contribution in [3.05, 3.63) is 22.8 Å². The predicted molar refractivity (Wildman–Crippen MR) is 134 cm³/mol. The van der Waals surface area contributed by atoms with E-state index >= 15 is 0 Å². The summed E-state index contributed by atoms with van der Waals surface area (Å²) >= 11 is 2.51. The molecular formula is C21H26ClN5O7S2. The molecule has 2 fully saturated rings. The van der Waals surface area contributed by atoms with Crippen molar-refractivity contribution >= 4 is 70.1 Å². The summed E-state index contributed by atoms with van der Waals surface area (Å²) in [4.78, 5) is 60.3. The number of hydrogen-bond donors (Lipinski definition) is 2. The fourth-order valence-electron chi connectivity index (χ4n) is 4.10. The molecule has 0 spiro atoms. The van der Waals surface area contributed by atoms with Crippen LogP contribution in [0.5, 0.6) is 0 Å². The zero-order chi connectivity index (χ0) is 24.9. The second-order valence-electron chi connectivity index (χ2n) is 8.01. The third kappa shape index (κ3) is 5.93. The molecule has 2 aliphatic heterocycles. The molecule has 1 aromatic heterocycles. The number of thioether (sulfide) groups is 1. The molecule has 36 heavy (non-hydrogen) atoms. The molecule has 0 aromatic carbocycles. The molecule has 0 bridgehead atoms. The molecule has 1 saturated heterocycles. The maximum Gasteiger partial charge on any atom is 0.357 e. The van der Waals surface area contributed by atoms with Gasteiger partial charge < -0.3 is 25.4 Å². The fourth-order valence-corrected chi connectivity index (χ4v) is 5.84. The summed E-state index contributed by atoms with van der Waals surface area (Å²) in [6.45, 7) is -0.515. The number of β-lactam (4-membered cyclic amide) rings is 1. The quantitative estimate of drug-likeness (QED) is 0.156. The number of esters is 2. The summed E-state index contributed by atoms with van der Waals surface area (Å²) in [5.41, 5.74) is 5.78. The van der Waals surface area contributed by atoms with E-state index in [4.69, 9.17) is 20.0 Å². The number of fused-ring (bicyclic) bond motifs is 1. The number of oxime groups is 1. The first-order valence-electron chi connectivity index (χ1n) is 11.0. The van der Waals surface area contributed by atoms with E-state index in [2.05, 4.69) is 15.5 Å². The summed E-state index contributed by atoms with van der Waals surface area (Å²) < 4.78 is 10.2. The number of nitrogens with zero attached hydrogens (tertiary/aromatic N) is 3. The first-order chi connectivity index (χ1) is 16.9. The molecule has 2 atom stereocenters. The van der Waals surface area contributed by atoms with Crippen molar-refractivity contribution in [3.8, 4) is 0 Å².